The molecule has 0 saturated carbocycles. The van der Waals surface area contributed by atoms with Crippen LogP contribution in [-0.2, 0) is 91.2 Å². The number of hydrogen-bond acceptors (Lipinski definition) is 28. The van der Waals surface area contributed by atoms with Crippen LogP contribution in [0.4, 0.5) is 15.3 Å². The van der Waals surface area contributed by atoms with Gasteiger partial charge in [0.15, 0.2) is 9.84 Å². The van der Waals surface area contributed by atoms with Crippen LogP contribution in [0.5, 0.6) is 5.75 Å². The van der Waals surface area contributed by atoms with E-state index < -0.39 is 72.8 Å². The number of rotatable bonds is 8. The zero-order valence-corrected chi connectivity index (χ0v) is 57.5. The van der Waals surface area contributed by atoms with Gasteiger partial charge in [-0.2, -0.15) is 21.0 Å². The van der Waals surface area contributed by atoms with Gasteiger partial charge in [0.1, 0.15) is 17.1 Å². The Labute approximate surface area is 531 Å². The van der Waals surface area contributed by atoms with Gasteiger partial charge in [0.25, 0.3) is 57.2 Å². The number of nitrogens with zero attached hydrogens (tertiary/aromatic N) is 5. The molecule has 30 nitrogen and oxygen atoms in total. The third kappa shape index (κ3) is 62.8. The maximum atomic E-state index is 10.8. The van der Waals surface area contributed by atoms with Gasteiger partial charge in [-0.25, -0.2) is 27.8 Å². The van der Waals surface area contributed by atoms with Crippen LogP contribution in [0.15, 0.2) is 77.3 Å². The normalized spacial score (nSPS) is 11.7. The number of hydroxylamine groups is 4. The van der Waals surface area contributed by atoms with Gasteiger partial charge in [0.2, 0.25) is 0 Å². The minimum atomic E-state index is -3.16. The Morgan fingerprint density at radius 1 is 0.812 bits per heavy atom. The van der Waals surface area contributed by atoms with E-state index in [1.54, 1.807) is 41.0 Å². The number of carbonyl (C=O) groups is 12. The number of Topliss-reactive ketones (excluding diaryl/α,β-unsaturated/α-hetero) is 1. The maximum Gasteiger partial charge on any atom is 0.533 e. The summed E-state index contributed by atoms with van der Waals surface area (Å²) in [6.45, 7) is 16.4. The molecule has 0 atom stereocenters. The zero-order chi connectivity index (χ0) is 67.4. The first-order valence-corrected chi connectivity index (χ1v) is 29.7. The molecule has 0 bridgehead atoms. The van der Waals surface area contributed by atoms with E-state index in [2.05, 4.69) is 71.0 Å². The number of carbonyl (C=O) groups excluding carboxylic acids is 11. The van der Waals surface area contributed by atoms with Gasteiger partial charge < -0.3 is 40.7 Å². The molecule has 1 N–H and O–H groups in total. The van der Waals surface area contributed by atoms with Crippen molar-refractivity contribution in [3.63, 3.8) is 0 Å². The summed E-state index contributed by atoms with van der Waals surface area (Å²) < 4.78 is 56.2. The van der Waals surface area contributed by atoms with Crippen LogP contribution in [0, 0.1) is 60.0 Å². The summed E-state index contributed by atoms with van der Waals surface area (Å²) in [5.74, 6) is 1.61. The average molecular weight is 1530 g/mol. The zero-order valence-electron chi connectivity index (χ0n) is 49.2. The van der Waals surface area contributed by atoms with Gasteiger partial charge in [-0.3, -0.25) is 57.6 Å². The van der Waals surface area contributed by atoms with E-state index >= 15 is 0 Å². The van der Waals surface area contributed by atoms with Crippen LogP contribution >= 0.6 is 34.2 Å². The number of non-ortho nitro benzene ring substituents is 1. The molecule has 0 radical (unpaired) electrons. The molecular formula is C49H70N5O25S5U-. The van der Waals surface area contributed by atoms with Crippen molar-refractivity contribution in [3.8, 4) is 17.6 Å². The van der Waals surface area contributed by atoms with Gasteiger partial charge in [-0.15, -0.1) is 16.9 Å². The third-order valence-corrected chi connectivity index (χ3v) is 9.76. The Morgan fingerprint density at radius 2 is 1.18 bits per heavy atom. The van der Waals surface area contributed by atoms with Crippen molar-refractivity contribution in [1.29, 1.82) is 0 Å². The predicted molar refractivity (Wildman–Crippen MR) is 311 cm³/mol. The second kappa shape index (κ2) is 57.3. The number of sulfone groups is 1. The van der Waals surface area contributed by atoms with E-state index in [1.165, 1.54) is 58.3 Å². The molecule has 0 spiro atoms. The SMILES string of the molecule is C=CS(C)(=O)=O.CC#CC.CC(=O)O.CC(=O)ON1C(=O)CCC1=O.CC1=CC(=O)N(C)C1=O.CC=O.COC(=O)ON1C(=O)CCC1=O.COC(=O)Oc1ccc([N+](=O)[O-])cc1.COS(C)(=O)=O.CS.CSSc1ccccn1.[CH2-]C(C)=O.[U]. The summed E-state index contributed by atoms with van der Waals surface area (Å²) >= 11 is 3.53. The van der Waals surface area contributed by atoms with Crippen LogP contribution < -0.4 is 4.74 Å². The number of methoxy groups -OCH3 is 2. The molecule has 0 unspecified atom stereocenters. The molecule has 1 aromatic carbocycles. The van der Waals surface area contributed by atoms with Crippen LogP contribution in [0.1, 0.15) is 74.1 Å². The van der Waals surface area contributed by atoms with Gasteiger partial charge >= 0.3 is 18.3 Å². The minimum Gasteiger partial charge on any atom is -0.481 e. The number of nitro groups is 1. The Kier molecular flexibility index (Phi) is 63.6. The largest absolute Gasteiger partial charge is 0.533 e. The van der Waals surface area contributed by atoms with E-state index in [1.807, 2.05) is 38.3 Å². The molecule has 3 aliphatic heterocycles. The summed E-state index contributed by atoms with van der Waals surface area (Å²) in [6.07, 6.45) is 8.20. The van der Waals surface area contributed by atoms with E-state index in [4.69, 9.17) is 14.7 Å². The third-order valence-electron chi connectivity index (χ3n) is 6.95. The molecule has 1 aromatic heterocycles. The number of hydrogen-bond donors (Lipinski definition) is 2. The number of ketones is 1. The second-order valence-corrected chi connectivity index (χ2v) is 20.0. The number of pyridine rings is 1. The number of nitro benzene ring substituents is 1. The van der Waals surface area contributed by atoms with Gasteiger partial charge in [0, 0.05) is 119 Å². The molecule has 2 aromatic rings. The smallest absolute Gasteiger partial charge is 0.481 e. The first kappa shape index (κ1) is 94.3. The minimum absolute atomic E-state index is 0. The molecule has 6 amide bonds. The van der Waals surface area contributed by atoms with Crippen LogP contribution in [-0.4, -0.2) is 172 Å². The summed E-state index contributed by atoms with van der Waals surface area (Å²) in [5, 5.41) is 20.6. The average Bonchev–Trinajstić information content (AvgIpc) is 4.07. The molecule has 476 valence electrons. The second-order valence-electron chi connectivity index (χ2n) is 13.9. The fraction of sp³-hybridized carbons (Fsp3) is 0.388. The van der Waals surface area contributed by atoms with E-state index in [-0.39, 0.29) is 85.8 Å². The number of imide groups is 3. The number of benzene rings is 1. The molecular weight excluding hydrogens is 1460 g/mol. The van der Waals surface area contributed by atoms with Crippen molar-refractivity contribution in [1.82, 2.24) is 20.0 Å². The van der Waals surface area contributed by atoms with Gasteiger partial charge in [-0.05, 0) is 88.0 Å². The Hall–Kier alpha value is -7.12. The van der Waals surface area contributed by atoms with Crippen LogP contribution in [0.3, 0.4) is 0 Å². The molecule has 85 heavy (non-hydrogen) atoms. The van der Waals surface area contributed by atoms with Crippen molar-refractivity contribution in [2.24, 2.45) is 0 Å². The number of carboxylic acid groups (broad SMARTS) is 1. The number of aromatic nitrogens is 1. The standard InChI is InChI=1S/C8H7NO5.C6H7NO5.C6H7NO4.C6H7NO2.C6H7NS2.C4H6.C3H6O2S.C3H5O.C2H6O3S.C2H4O2.C2H4O.CH4S.U/c1-13-8(10)14-7-4-2-6(3-5-7)9(11)12;1-11-6(10)12-7-4(8)2-3-5(7)9;1-4(8)11-7-5(9)2-3-6(7)10;1-4-3-5(8)7(2)6(4)9;1-8-9-6-4-2-3-5-7-6;1-3-4-2;1-3-6(2,4)5;1-3(2)4;1-5-6(2,3)4;1-2(3)4;1-2-3;1-2;/h2-5H,1H3;2-3H2,1H3;2-3H2,1H3;3H,1-2H3;2-5H,1H3;1-2H3;3H,1H2,2H3;1H2,2H3;1-2H3;1H3,(H,3,4);2H,1H3;2H,1H3;/q;;;;;;;-1;;;;;. The molecule has 2 saturated heterocycles. The molecule has 5 rings (SSSR count). The van der Waals surface area contributed by atoms with Crippen molar-refractivity contribution in [2.75, 3.05) is 53.4 Å². The fourth-order valence-electron chi connectivity index (χ4n) is 3.52. The number of aliphatic carboxylic acids is 1. The number of amides is 6. The fourth-order valence-corrected chi connectivity index (χ4v) is 4.74. The van der Waals surface area contributed by atoms with Crippen molar-refractivity contribution >= 4 is 132 Å². The monoisotopic (exact) mass is 1530 g/mol. The van der Waals surface area contributed by atoms with Gasteiger partial charge in [-0.1, -0.05) is 28.5 Å². The summed E-state index contributed by atoms with van der Waals surface area (Å²) in [5.41, 5.74) is 0.449. The van der Waals surface area contributed by atoms with Crippen LogP contribution in [0.2, 0.25) is 0 Å². The maximum absolute atomic E-state index is 10.8. The van der Waals surface area contributed by atoms with E-state index in [9.17, 15) is 74.9 Å². The topological polar surface area (TPSA) is 414 Å². The molecule has 2 fully saturated rings. The first-order chi connectivity index (χ1) is 38.9. The molecule has 36 heteroatoms. The number of carboxylic acids is 1. The Bertz CT molecular complexity index is 2690. The van der Waals surface area contributed by atoms with Crippen molar-refractivity contribution < 1.29 is 144 Å². The quantitative estimate of drug-likeness (QED) is 0.0277. The van der Waals surface area contributed by atoms with Crippen molar-refractivity contribution in [2.45, 2.75) is 79.2 Å². The molecule has 3 aliphatic rings. The van der Waals surface area contributed by atoms with E-state index in [0.717, 1.165) is 62.2 Å². The predicted octanol–water partition coefficient (Wildman–Crippen LogP) is 5.62. The van der Waals surface area contributed by atoms with Gasteiger partial charge in [0.05, 0.1) is 32.5 Å². The summed E-state index contributed by atoms with van der Waals surface area (Å²) in [4.78, 5) is 147. The number of likely N-dealkylation sites (N-methyl/N-ethyl adjacent to an activating group) is 1. The van der Waals surface area contributed by atoms with E-state index in [0.29, 0.717) is 15.7 Å². The molecule has 4 heterocycles. The Morgan fingerprint density at radius 3 is 1.40 bits per heavy atom. The summed E-state index contributed by atoms with van der Waals surface area (Å²) in [7, 11) is 2.18. The number of aldehydes is 1. The first-order valence-electron chi connectivity index (χ1n) is 22.4. The Balaban J connectivity index is -0.000000131. The number of ether oxygens (including phenoxy) is 3. The summed E-state index contributed by atoms with van der Waals surface area (Å²) in [6, 6.07) is 11.0. The molecule has 0 aliphatic carbocycles. The number of thiol groups is 1. The van der Waals surface area contributed by atoms with Crippen LogP contribution in [0.25, 0.3) is 0 Å². The van der Waals surface area contributed by atoms with Crippen molar-refractivity contribution in [3.05, 3.63) is 89.3 Å².